The molecule has 2 nitrogen and oxygen atoms in total. The number of carbonyl (C=O) groups excluding carboxylic acids is 1. The Morgan fingerprint density at radius 1 is 0.913 bits per heavy atom. The first-order chi connectivity index (χ1) is 11.2. The Balaban J connectivity index is 1.68. The van der Waals surface area contributed by atoms with Crippen LogP contribution in [0.1, 0.15) is 24.1 Å². The molecule has 3 aromatic carbocycles. The predicted octanol–water partition coefficient (Wildman–Crippen LogP) is 4.73. The Bertz CT molecular complexity index is 837. The third-order valence-electron chi connectivity index (χ3n) is 3.86. The first kappa shape index (κ1) is 15.0. The highest BCUT2D eigenvalue weighted by Gasteiger charge is 2.08. The van der Waals surface area contributed by atoms with E-state index in [1.54, 1.807) is 6.08 Å². The predicted molar refractivity (Wildman–Crippen MR) is 96.0 cm³/mol. The van der Waals surface area contributed by atoms with Crippen LogP contribution in [0, 0.1) is 0 Å². The van der Waals surface area contributed by atoms with E-state index in [0.717, 1.165) is 11.1 Å². The van der Waals surface area contributed by atoms with Gasteiger partial charge in [0.15, 0.2) is 0 Å². The average molecular weight is 301 g/mol. The number of amides is 1. The minimum absolute atomic E-state index is 0.0347. The van der Waals surface area contributed by atoms with Crippen LogP contribution < -0.4 is 5.32 Å². The third-order valence-corrected chi connectivity index (χ3v) is 3.86. The van der Waals surface area contributed by atoms with Crippen molar-refractivity contribution in [3.05, 3.63) is 90.0 Å². The molecule has 114 valence electrons. The fourth-order valence-electron chi connectivity index (χ4n) is 2.56. The van der Waals surface area contributed by atoms with E-state index in [1.807, 2.05) is 55.5 Å². The lowest BCUT2D eigenvalue weighted by molar-refractivity contribution is -0.117. The molecule has 0 saturated carbocycles. The first-order valence-corrected chi connectivity index (χ1v) is 7.75. The van der Waals surface area contributed by atoms with Crippen LogP contribution in [0.3, 0.4) is 0 Å². The highest BCUT2D eigenvalue weighted by molar-refractivity contribution is 5.92. The Kier molecular flexibility index (Phi) is 4.53. The molecule has 0 fully saturated rings. The van der Waals surface area contributed by atoms with E-state index in [1.165, 1.54) is 10.8 Å². The van der Waals surface area contributed by atoms with Crippen molar-refractivity contribution in [3.63, 3.8) is 0 Å². The van der Waals surface area contributed by atoms with E-state index in [9.17, 15) is 4.79 Å². The molecule has 1 unspecified atom stereocenters. The maximum Gasteiger partial charge on any atom is 0.244 e. The molecule has 3 rings (SSSR count). The largest absolute Gasteiger partial charge is 0.346 e. The molecule has 0 heterocycles. The SMILES string of the molecule is CC(NC(=O)C=Cc1ccccc1)c1ccc2ccccc2c1. The van der Waals surface area contributed by atoms with E-state index in [4.69, 9.17) is 0 Å². The van der Waals surface area contributed by atoms with Crippen molar-refractivity contribution in [3.8, 4) is 0 Å². The normalized spacial score (nSPS) is 12.4. The zero-order valence-corrected chi connectivity index (χ0v) is 13.1. The molecule has 0 saturated heterocycles. The summed E-state index contributed by atoms with van der Waals surface area (Å²) in [4.78, 5) is 12.1. The van der Waals surface area contributed by atoms with Gasteiger partial charge in [0, 0.05) is 6.08 Å². The summed E-state index contributed by atoms with van der Waals surface area (Å²) in [6, 6.07) is 24.3. The molecule has 0 aromatic heterocycles. The van der Waals surface area contributed by atoms with Crippen molar-refractivity contribution in [2.45, 2.75) is 13.0 Å². The Labute approximate surface area is 136 Å². The second-order valence-electron chi connectivity index (χ2n) is 5.58. The van der Waals surface area contributed by atoms with E-state index in [2.05, 4.69) is 35.6 Å². The van der Waals surface area contributed by atoms with E-state index in [0.29, 0.717) is 0 Å². The quantitative estimate of drug-likeness (QED) is 0.693. The minimum Gasteiger partial charge on any atom is -0.346 e. The molecule has 0 spiro atoms. The van der Waals surface area contributed by atoms with E-state index >= 15 is 0 Å². The van der Waals surface area contributed by atoms with E-state index < -0.39 is 0 Å². The third kappa shape index (κ3) is 3.86. The molecule has 23 heavy (non-hydrogen) atoms. The van der Waals surface area contributed by atoms with Gasteiger partial charge in [-0.3, -0.25) is 4.79 Å². The van der Waals surface area contributed by atoms with Gasteiger partial charge in [-0.05, 0) is 41.0 Å². The molecule has 1 N–H and O–H groups in total. The first-order valence-electron chi connectivity index (χ1n) is 7.75. The Hall–Kier alpha value is -2.87. The number of fused-ring (bicyclic) bond motifs is 1. The van der Waals surface area contributed by atoms with Gasteiger partial charge in [-0.2, -0.15) is 0 Å². The average Bonchev–Trinajstić information content (AvgIpc) is 2.60. The summed E-state index contributed by atoms with van der Waals surface area (Å²) in [6.07, 6.45) is 3.40. The number of benzene rings is 3. The van der Waals surface area contributed by atoms with Crippen LogP contribution in [0.15, 0.2) is 78.9 Å². The molecule has 0 radical (unpaired) electrons. The topological polar surface area (TPSA) is 29.1 Å². The standard InChI is InChI=1S/C21H19NO/c1-16(19-13-12-18-9-5-6-10-20(18)15-19)22-21(23)14-11-17-7-3-2-4-8-17/h2-16H,1H3,(H,22,23). The highest BCUT2D eigenvalue weighted by Crippen LogP contribution is 2.20. The monoisotopic (exact) mass is 301 g/mol. The van der Waals surface area contributed by atoms with Crippen molar-refractivity contribution >= 4 is 22.8 Å². The smallest absolute Gasteiger partial charge is 0.244 e. The van der Waals surface area contributed by atoms with Crippen LogP contribution in [-0.4, -0.2) is 5.91 Å². The molecule has 0 aliphatic carbocycles. The lowest BCUT2D eigenvalue weighted by Gasteiger charge is -2.13. The molecule has 3 aromatic rings. The molecule has 0 aliphatic rings. The molecule has 1 amide bonds. The van der Waals surface area contributed by atoms with Crippen molar-refractivity contribution in [2.24, 2.45) is 0 Å². The summed E-state index contributed by atoms with van der Waals surface area (Å²) in [6.45, 7) is 2.00. The van der Waals surface area contributed by atoms with Gasteiger partial charge in [-0.25, -0.2) is 0 Å². The second-order valence-corrected chi connectivity index (χ2v) is 5.58. The lowest BCUT2D eigenvalue weighted by atomic mass is 10.0. The number of carbonyl (C=O) groups is 1. The van der Waals surface area contributed by atoms with Gasteiger partial charge in [-0.15, -0.1) is 0 Å². The summed E-state index contributed by atoms with van der Waals surface area (Å²) in [5.41, 5.74) is 2.12. The fraction of sp³-hybridized carbons (Fsp3) is 0.0952. The number of hydrogen-bond acceptors (Lipinski definition) is 1. The van der Waals surface area contributed by atoms with Crippen LogP contribution in [0.25, 0.3) is 16.8 Å². The van der Waals surface area contributed by atoms with Gasteiger partial charge in [-0.1, -0.05) is 66.7 Å². The van der Waals surface area contributed by atoms with Crippen LogP contribution in [0.5, 0.6) is 0 Å². The Morgan fingerprint density at radius 3 is 2.39 bits per heavy atom. The minimum atomic E-state index is -0.0884. The maximum atomic E-state index is 12.1. The highest BCUT2D eigenvalue weighted by atomic mass is 16.1. The van der Waals surface area contributed by atoms with Crippen molar-refractivity contribution < 1.29 is 4.79 Å². The lowest BCUT2D eigenvalue weighted by Crippen LogP contribution is -2.24. The number of rotatable bonds is 4. The number of nitrogens with one attached hydrogen (secondary N) is 1. The summed E-state index contributed by atoms with van der Waals surface area (Å²) >= 11 is 0. The van der Waals surface area contributed by atoms with Gasteiger partial charge in [0.25, 0.3) is 0 Å². The van der Waals surface area contributed by atoms with Gasteiger partial charge in [0.1, 0.15) is 0 Å². The van der Waals surface area contributed by atoms with Crippen molar-refractivity contribution in [1.29, 1.82) is 0 Å². The fourth-order valence-corrected chi connectivity index (χ4v) is 2.56. The van der Waals surface area contributed by atoms with Crippen LogP contribution in [-0.2, 0) is 4.79 Å². The zero-order chi connectivity index (χ0) is 16.1. The van der Waals surface area contributed by atoms with Crippen LogP contribution in [0.2, 0.25) is 0 Å². The van der Waals surface area contributed by atoms with E-state index in [-0.39, 0.29) is 11.9 Å². The zero-order valence-electron chi connectivity index (χ0n) is 13.1. The molecule has 0 bridgehead atoms. The molecule has 1 atom stereocenters. The molecular weight excluding hydrogens is 282 g/mol. The second kappa shape index (κ2) is 6.93. The van der Waals surface area contributed by atoms with Gasteiger partial charge in [0.05, 0.1) is 6.04 Å². The van der Waals surface area contributed by atoms with Gasteiger partial charge in [0.2, 0.25) is 5.91 Å². The summed E-state index contributed by atoms with van der Waals surface area (Å²) in [7, 11) is 0. The summed E-state index contributed by atoms with van der Waals surface area (Å²) < 4.78 is 0. The maximum absolute atomic E-state index is 12.1. The summed E-state index contributed by atoms with van der Waals surface area (Å²) in [5, 5.41) is 5.40. The molecular formula is C21H19NO. The Morgan fingerprint density at radius 2 is 1.61 bits per heavy atom. The molecule has 2 heteroatoms. The van der Waals surface area contributed by atoms with Gasteiger partial charge < -0.3 is 5.32 Å². The van der Waals surface area contributed by atoms with Crippen molar-refractivity contribution in [2.75, 3.05) is 0 Å². The van der Waals surface area contributed by atoms with Crippen molar-refractivity contribution in [1.82, 2.24) is 5.32 Å². The van der Waals surface area contributed by atoms with Crippen LogP contribution in [0.4, 0.5) is 0 Å². The number of hydrogen-bond donors (Lipinski definition) is 1. The van der Waals surface area contributed by atoms with Crippen LogP contribution >= 0.6 is 0 Å². The molecule has 0 aliphatic heterocycles. The summed E-state index contributed by atoms with van der Waals surface area (Å²) in [5.74, 6) is -0.0884. The van der Waals surface area contributed by atoms with Gasteiger partial charge >= 0.3 is 0 Å².